The summed E-state index contributed by atoms with van der Waals surface area (Å²) in [5.41, 5.74) is 2.46. The Labute approximate surface area is 174 Å². The lowest BCUT2D eigenvalue weighted by molar-refractivity contribution is -0.116. The summed E-state index contributed by atoms with van der Waals surface area (Å²) >= 11 is 0. The van der Waals surface area contributed by atoms with Gasteiger partial charge in [0.2, 0.25) is 5.91 Å². The summed E-state index contributed by atoms with van der Waals surface area (Å²) in [6.45, 7) is 3.64. The van der Waals surface area contributed by atoms with Gasteiger partial charge in [-0.3, -0.25) is 4.79 Å². The molecule has 2 heterocycles. The van der Waals surface area contributed by atoms with E-state index in [1.54, 1.807) is 35.8 Å². The molecule has 4 rings (SSSR count). The Morgan fingerprint density at radius 1 is 1.10 bits per heavy atom. The molecule has 2 aromatic heterocycles. The van der Waals surface area contributed by atoms with Crippen LogP contribution in [0.15, 0.2) is 70.2 Å². The summed E-state index contributed by atoms with van der Waals surface area (Å²) in [6, 6.07) is 16.2. The molecule has 0 aliphatic rings. The van der Waals surface area contributed by atoms with Crippen molar-refractivity contribution in [1.82, 2.24) is 9.72 Å². The van der Waals surface area contributed by atoms with Crippen molar-refractivity contribution in [3.8, 4) is 0 Å². The van der Waals surface area contributed by atoms with Gasteiger partial charge in [-0.05, 0) is 25.5 Å². The number of aryl methyl sites for hydroxylation is 2. The van der Waals surface area contributed by atoms with Gasteiger partial charge >= 0.3 is 0 Å². The number of sulfone groups is 1. The number of hydrogen-bond donors (Lipinski definition) is 1. The van der Waals surface area contributed by atoms with E-state index in [2.05, 4.69) is 10.5 Å². The van der Waals surface area contributed by atoms with Crippen LogP contribution in [0.5, 0.6) is 0 Å². The molecule has 0 radical (unpaired) electrons. The number of fused-ring (bicyclic) bond motifs is 1. The highest BCUT2D eigenvalue weighted by Gasteiger charge is 2.22. The summed E-state index contributed by atoms with van der Waals surface area (Å²) in [5.74, 6) is 0.472. The third-order valence-corrected chi connectivity index (χ3v) is 6.48. The zero-order valence-electron chi connectivity index (χ0n) is 16.6. The van der Waals surface area contributed by atoms with Crippen LogP contribution in [-0.4, -0.2) is 24.0 Å². The molecule has 0 saturated carbocycles. The molecule has 8 heteroatoms. The summed E-state index contributed by atoms with van der Waals surface area (Å²) in [5, 5.41) is 6.99. The molecule has 7 nitrogen and oxygen atoms in total. The Bertz CT molecular complexity index is 1320. The normalized spacial score (nSPS) is 11.7. The summed E-state index contributed by atoms with van der Waals surface area (Å²) in [4.78, 5) is 12.7. The number of anilines is 1. The number of carbonyl (C=O) groups is 1. The first kappa shape index (κ1) is 19.9. The number of nitrogens with one attached hydrogen (secondary N) is 1. The van der Waals surface area contributed by atoms with E-state index in [0.29, 0.717) is 22.5 Å². The molecule has 1 amide bonds. The molecule has 0 bridgehead atoms. The van der Waals surface area contributed by atoms with Gasteiger partial charge in [0.15, 0.2) is 15.7 Å². The average Bonchev–Trinajstić information content (AvgIpc) is 3.27. The molecule has 1 N–H and O–H groups in total. The maximum absolute atomic E-state index is 13.2. The SMILES string of the molecule is Cc1ccc(CS(=O)(=O)c2cn(CC(=O)Nc3cc(C)on3)c3ccccc23)cc1. The average molecular weight is 423 g/mol. The standard InChI is InChI=1S/C22H21N3O4S/c1-15-7-9-17(10-8-15)14-30(27,28)20-12-25(19-6-4-3-5-18(19)20)13-22(26)23-21-11-16(2)29-24-21/h3-12H,13-14H2,1-2H3,(H,23,24,26). The molecule has 4 aromatic rings. The second kappa shape index (κ2) is 7.79. The minimum absolute atomic E-state index is 0.0491. The molecule has 154 valence electrons. The zero-order valence-corrected chi connectivity index (χ0v) is 17.4. The minimum Gasteiger partial charge on any atom is -0.360 e. The molecule has 0 saturated heterocycles. The fraction of sp³-hybridized carbons (Fsp3) is 0.182. The largest absolute Gasteiger partial charge is 0.360 e. The smallest absolute Gasteiger partial charge is 0.245 e. The van der Waals surface area contributed by atoms with Crippen LogP contribution in [0, 0.1) is 13.8 Å². The Kier molecular flexibility index (Phi) is 5.17. The van der Waals surface area contributed by atoms with Crippen LogP contribution in [0.2, 0.25) is 0 Å². The number of benzene rings is 2. The first-order valence-corrected chi connectivity index (χ1v) is 11.1. The lowest BCUT2D eigenvalue weighted by Gasteiger charge is -2.05. The van der Waals surface area contributed by atoms with Crippen molar-refractivity contribution in [2.24, 2.45) is 0 Å². The van der Waals surface area contributed by atoms with Crippen molar-refractivity contribution in [3.63, 3.8) is 0 Å². The first-order chi connectivity index (χ1) is 14.3. The van der Waals surface area contributed by atoms with Gasteiger partial charge in [-0.1, -0.05) is 53.2 Å². The van der Waals surface area contributed by atoms with Crippen molar-refractivity contribution in [2.45, 2.75) is 31.0 Å². The van der Waals surface area contributed by atoms with Crippen LogP contribution in [-0.2, 0) is 26.9 Å². The lowest BCUT2D eigenvalue weighted by Crippen LogP contribution is -2.18. The van der Waals surface area contributed by atoms with E-state index in [0.717, 1.165) is 11.1 Å². The van der Waals surface area contributed by atoms with Crippen LogP contribution in [0.25, 0.3) is 10.9 Å². The fourth-order valence-electron chi connectivity index (χ4n) is 3.34. The molecule has 2 aromatic carbocycles. The van der Waals surface area contributed by atoms with E-state index in [4.69, 9.17) is 4.52 Å². The van der Waals surface area contributed by atoms with Crippen LogP contribution >= 0.6 is 0 Å². The molecule has 0 fully saturated rings. The van der Waals surface area contributed by atoms with Crippen molar-refractivity contribution < 1.29 is 17.7 Å². The van der Waals surface area contributed by atoms with E-state index >= 15 is 0 Å². The highest BCUT2D eigenvalue weighted by atomic mass is 32.2. The number of hydrogen-bond acceptors (Lipinski definition) is 5. The van der Waals surface area contributed by atoms with Crippen LogP contribution < -0.4 is 5.32 Å². The second-order valence-electron chi connectivity index (χ2n) is 7.25. The minimum atomic E-state index is -3.60. The molecular weight excluding hydrogens is 402 g/mol. The van der Waals surface area contributed by atoms with Crippen molar-refractivity contribution >= 4 is 32.5 Å². The second-order valence-corrected chi connectivity index (χ2v) is 9.21. The topological polar surface area (TPSA) is 94.2 Å². The highest BCUT2D eigenvalue weighted by Crippen LogP contribution is 2.28. The monoisotopic (exact) mass is 423 g/mol. The van der Waals surface area contributed by atoms with E-state index in [1.807, 2.05) is 37.3 Å². The Hall–Kier alpha value is -3.39. The van der Waals surface area contributed by atoms with Crippen LogP contribution in [0.1, 0.15) is 16.9 Å². The lowest BCUT2D eigenvalue weighted by atomic mass is 10.2. The van der Waals surface area contributed by atoms with Crippen LogP contribution in [0.3, 0.4) is 0 Å². The summed E-state index contributed by atoms with van der Waals surface area (Å²) in [7, 11) is -3.60. The first-order valence-electron chi connectivity index (χ1n) is 9.41. The predicted octanol–water partition coefficient (Wildman–Crippen LogP) is 3.86. The number of amides is 1. The van der Waals surface area contributed by atoms with Gasteiger partial charge < -0.3 is 14.4 Å². The molecule has 0 spiro atoms. The molecular formula is C22H21N3O4S. The quantitative estimate of drug-likeness (QED) is 0.508. The highest BCUT2D eigenvalue weighted by molar-refractivity contribution is 7.90. The maximum Gasteiger partial charge on any atom is 0.245 e. The van der Waals surface area contributed by atoms with E-state index in [9.17, 15) is 13.2 Å². The van der Waals surface area contributed by atoms with Gasteiger partial charge in [0.1, 0.15) is 12.3 Å². The Morgan fingerprint density at radius 2 is 1.83 bits per heavy atom. The van der Waals surface area contributed by atoms with E-state index in [1.165, 1.54) is 6.20 Å². The molecule has 0 unspecified atom stereocenters. The van der Waals surface area contributed by atoms with Gasteiger partial charge in [0, 0.05) is 23.2 Å². The predicted molar refractivity (Wildman–Crippen MR) is 114 cm³/mol. The van der Waals surface area contributed by atoms with Gasteiger partial charge in [0.25, 0.3) is 0 Å². The van der Waals surface area contributed by atoms with Gasteiger partial charge in [-0.25, -0.2) is 8.42 Å². The van der Waals surface area contributed by atoms with Crippen molar-refractivity contribution in [1.29, 1.82) is 0 Å². The van der Waals surface area contributed by atoms with Crippen LogP contribution in [0.4, 0.5) is 5.82 Å². The Morgan fingerprint density at radius 3 is 2.53 bits per heavy atom. The van der Waals surface area contributed by atoms with Crippen molar-refractivity contribution in [3.05, 3.63) is 77.7 Å². The number of para-hydroxylation sites is 1. The Balaban J connectivity index is 1.64. The number of rotatable bonds is 6. The van der Waals surface area contributed by atoms with E-state index < -0.39 is 9.84 Å². The summed E-state index contributed by atoms with van der Waals surface area (Å²) < 4.78 is 32.9. The third kappa shape index (κ3) is 4.13. The number of carbonyl (C=O) groups excluding carboxylic acids is 1. The van der Waals surface area contributed by atoms with Gasteiger partial charge in [-0.2, -0.15) is 0 Å². The fourth-order valence-corrected chi connectivity index (χ4v) is 4.92. The number of nitrogens with zero attached hydrogens (tertiary/aromatic N) is 2. The van der Waals surface area contributed by atoms with Gasteiger partial charge in [-0.15, -0.1) is 0 Å². The maximum atomic E-state index is 13.2. The third-order valence-electron chi connectivity index (χ3n) is 4.77. The van der Waals surface area contributed by atoms with E-state index in [-0.39, 0.29) is 23.1 Å². The number of aromatic nitrogens is 2. The molecule has 30 heavy (non-hydrogen) atoms. The molecule has 0 aliphatic carbocycles. The molecule has 0 aliphatic heterocycles. The zero-order chi connectivity index (χ0) is 21.3. The van der Waals surface area contributed by atoms with Gasteiger partial charge in [0.05, 0.1) is 10.6 Å². The molecule has 0 atom stereocenters. The summed E-state index contributed by atoms with van der Waals surface area (Å²) in [6.07, 6.45) is 1.53. The van der Waals surface area contributed by atoms with Crippen molar-refractivity contribution in [2.75, 3.05) is 5.32 Å².